The van der Waals surface area contributed by atoms with E-state index in [1.807, 2.05) is 0 Å². The van der Waals surface area contributed by atoms with Crippen molar-refractivity contribution in [1.82, 2.24) is 4.90 Å². The molecule has 1 saturated carbocycles. The summed E-state index contributed by atoms with van der Waals surface area (Å²) in [4.78, 5) is 14.0. The summed E-state index contributed by atoms with van der Waals surface area (Å²) >= 11 is 0. The molecular formula is C14H19NO3. The number of benzene rings is 1. The standard InChI is InChI=1S/C14H19NO3/c16-9-8-15(12-2-1-3-12)14(18)10-11-4-6-13(17)7-5-11/h4-7,12,16-17H,1-3,8-10H2. The number of phenols is 1. The third-order valence-corrected chi connectivity index (χ3v) is 3.47. The van der Waals surface area contributed by atoms with Crippen LogP contribution in [-0.4, -0.2) is 40.2 Å². The fourth-order valence-corrected chi connectivity index (χ4v) is 2.21. The van der Waals surface area contributed by atoms with E-state index in [1.165, 1.54) is 6.42 Å². The van der Waals surface area contributed by atoms with Crippen LogP contribution in [-0.2, 0) is 11.2 Å². The molecule has 2 N–H and O–H groups in total. The van der Waals surface area contributed by atoms with Gasteiger partial charge in [0.25, 0.3) is 0 Å². The van der Waals surface area contributed by atoms with Crippen molar-refractivity contribution >= 4 is 5.91 Å². The van der Waals surface area contributed by atoms with Crippen molar-refractivity contribution in [3.63, 3.8) is 0 Å². The van der Waals surface area contributed by atoms with E-state index in [9.17, 15) is 9.90 Å². The second-order valence-corrected chi connectivity index (χ2v) is 4.74. The summed E-state index contributed by atoms with van der Waals surface area (Å²) in [6, 6.07) is 6.99. The van der Waals surface area contributed by atoms with Gasteiger partial charge in [0.1, 0.15) is 5.75 Å². The lowest BCUT2D eigenvalue weighted by Gasteiger charge is -2.37. The molecule has 4 heteroatoms. The largest absolute Gasteiger partial charge is 0.508 e. The average Bonchev–Trinajstić information content (AvgIpc) is 2.29. The van der Waals surface area contributed by atoms with Crippen LogP contribution in [0.15, 0.2) is 24.3 Å². The summed E-state index contributed by atoms with van der Waals surface area (Å²) in [5, 5.41) is 18.2. The number of carbonyl (C=O) groups is 1. The maximum atomic E-state index is 12.2. The van der Waals surface area contributed by atoms with Gasteiger partial charge in [-0.3, -0.25) is 4.79 Å². The molecule has 1 fully saturated rings. The summed E-state index contributed by atoms with van der Waals surface area (Å²) in [5.41, 5.74) is 0.889. The molecule has 0 heterocycles. The predicted molar refractivity (Wildman–Crippen MR) is 68.2 cm³/mol. The molecule has 0 radical (unpaired) electrons. The zero-order valence-corrected chi connectivity index (χ0v) is 10.4. The second-order valence-electron chi connectivity index (χ2n) is 4.74. The van der Waals surface area contributed by atoms with Gasteiger partial charge in [-0.2, -0.15) is 0 Å². The molecule has 0 spiro atoms. The Morgan fingerprint density at radius 1 is 1.28 bits per heavy atom. The van der Waals surface area contributed by atoms with Gasteiger partial charge in [-0.05, 0) is 37.0 Å². The molecule has 0 atom stereocenters. The van der Waals surface area contributed by atoms with E-state index in [1.54, 1.807) is 29.2 Å². The number of nitrogens with zero attached hydrogens (tertiary/aromatic N) is 1. The third kappa shape index (κ3) is 3.01. The number of rotatable bonds is 5. The molecule has 1 aliphatic rings. The molecule has 2 rings (SSSR count). The monoisotopic (exact) mass is 249 g/mol. The molecular weight excluding hydrogens is 230 g/mol. The summed E-state index contributed by atoms with van der Waals surface area (Å²) in [5.74, 6) is 0.261. The van der Waals surface area contributed by atoms with E-state index in [0.717, 1.165) is 18.4 Å². The molecule has 98 valence electrons. The molecule has 18 heavy (non-hydrogen) atoms. The molecule has 4 nitrogen and oxygen atoms in total. The molecule has 0 saturated heterocycles. The number of amides is 1. The number of aliphatic hydroxyl groups is 1. The Hall–Kier alpha value is -1.55. The Kier molecular flexibility index (Phi) is 4.20. The Morgan fingerprint density at radius 3 is 2.44 bits per heavy atom. The van der Waals surface area contributed by atoms with E-state index in [-0.39, 0.29) is 18.3 Å². The van der Waals surface area contributed by atoms with Crippen LogP contribution in [0, 0.1) is 0 Å². The van der Waals surface area contributed by atoms with Crippen LogP contribution in [0.25, 0.3) is 0 Å². The van der Waals surface area contributed by atoms with Gasteiger partial charge in [0.15, 0.2) is 0 Å². The fraction of sp³-hybridized carbons (Fsp3) is 0.500. The second kappa shape index (κ2) is 5.87. The van der Waals surface area contributed by atoms with Crippen molar-refractivity contribution in [2.24, 2.45) is 0 Å². The molecule has 1 aliphatic carbocycles. The molecule has 0 aliphatic heterocycles. The third-order valence-electron chi connectivity index (χ3n) is 3.47. The smallest absolute Gasteiger partial charge is 0.227 e. The maximum absolute atomic E-state index is 12.2. The Labute approximate surface area is 107 Å². The molecule has 0 unspecified atom stereocenters. The first-order valence-corrected chi connectivity index (χ1v) is 6.39. The van der Waals surface area contributed by atoms with Gasteiger partial charge in [-0.25, -0.2) is 0 Å². The van der Waals surface area contributed by atoms with Gasteiger partial charge in [0.2, 0.25) is 5.91 Å². The van der Waals surface area contributed by atoms with Crippen LogP contribution in [0.3, 0.4) is 0 Å². The van der Waals surface area contributed by atoms with Crippen LogP contribution >= 0.6 is 0 Å². The van der Waals surface area contributed by atoms with Gasteiger partial charge in [0.05, 0.1) is 13.0 Å². The van der Waals surface area contributed by atoms with Gasteiger partial charge < -0.3 is 15.1 Å². The van der Waals surface area contributed by atoms with E-state index in [4.69, 9.17) is 5.11 Å². The van der Waals surface area contributed by atoms with Crippen LogP contribution in [0.2, 0.25) is 0 Å². The highest BCUT2D eigenvalue weighted by atomic mass is 16.3. The van der Waals surface area contributed by atoms with Crippen molar-refractivity contribution in [1.29, 1.82) is 0 Å². The summed E-state index contributed by atoms with van der Waals surface area (Å²) in [7, 11) is 0. The van der Waals surface area contributed by atoms with Gasteiger partial charge >= 0.3 is 0 Å². The van der Waals surface area contributed by atoms with Crippen molar-refractivity contribution < 1.29 is 15.0 Å². The highest BCUT2D eigenvalue weighted by Gasteiger charge is 2.28. The van der Waals surface area contributed by atoms with E-state index in [2.05, 4.69) is 0 Å². The number of aromatic hydroxyl groups is 1. The number of aliphatic hydroxyl groups excluding tert-OH is 1. The summed E-state index contributed by atoms with van der Waals surface area (Å²) in [6.45, 7) is 0.430. The van der Waals surface area contributed by atoms with E-state index >= 15 is 0 Å². The molecule has 0 aromatic heterocycles. The molecule has 0 bridgehead atoms. The molecule has 1 aromatic carbocycles. The van der Waals surface area contributed by atoms with Crippen molar-refractivity contribution in [2.75, 3.05) is 13.2 Å². The predicted octanol–water partition coefficient (Wildman–Crippen LogP) is 1.31. The van der Waals surface area contributed by atoms with E-state index in [0.29, 0.717) is 19.0 Å². The number of hydrogen-bond acceptors (Lipinski definition) is 3. The van der Waals surface area contributed by atoms with Gasteiger partial charge in [-0.1, -0.05) is 12.1 Å². The SMILES string of the molecule is O=C(Cc1ccc(O)cc1)N(CCO)C1CCC1. The minimum absolute atomic E-state index is 0.0117. The minimum atomic E-state index is 0.0117. The lowest BCUT2D eigenvalue weighted by molar-refractivity contribution is -0.135. The summed E-state index contributed by atoms with van der Waals surface area (Å²) in [6.07, 6.45) is 3.58. The van der Waals surface area contributed by atoms with Crippen LogP contribution in [0.5, 0.6) is 5.75 Å². The Morgan fingerprint density at radius 2 is 1.94 bits per heavy atom. The van der Waals surface area contributed by atoms with Crippen molar-refractivity contribution in [3.05, 3.63) is 29.8 Å². The van der Waals surface area contributed by atoms with Crippen molar-refractivity contribution in [2.45, 2.75) is 31.7 Å². The average molecular weight is 249 g/mol. The maximum Gasteiger partial charge on any atom is 0.227 e. The fourth-order valence-electron chi connectivity index (χ4n) is 2.21. The van der Waals surface area contributed by atoms with Gasteiger partial charge in [0, 0.05) is 12.6 Å². The normalized spacial score (nSPS) is 15.2. The van der Waals surface area contributed by atoms with E-state index < -0.39 is 0 Å². The number of carbonyl (C=O) groups excluding carboxylic acids is 1. The van der Waals surface area contributed by atoms with Crippen molar-refractivity contribution in [3.8, 4) is 5.75 Å². The minimum Gasteiger partial charge on any atom is -0.508 e. The van der Waals surface area contributed by atoms with Crippen LogP contribution in [0.1, 0.15) is 24.8 Å². The summed E-state index contributed by atoms with van der Waals surface area (Å²) < 4.78 is 0. The molecule has 1 amide bonds. The highest BCUT2D eigenvalue weighted by molar-refractivity contribution is 5.79. The zero-order chi connectivity index (χ0) is 13.0. The topological polar surface area (TPSA) is 60.8 Å². The lowest BCUT2D eigenvalue weighted by Crippen LogP contribution is -2.46. The Bertz CT molecular complexity index is 398. The quantitative estimate of drug-likeness (QED) is 0.827. The number of phenolic OH excluding ortho intramolecular Hbond substituents is 1. The highest BCUT2D eigenvalue weighted by Crippen LogP contribution is 2.25. The lowest BCUT2D eigenvalue weighted by atomic mass is 9.91. The first-order valence-electron chi connectivity index (χ1n) is 6.39. The Balaban J connectivity index is 1.97. The number of hydrogen-bond donors (Lipinski definition) is 2. The molecule has 1 aromatic rings. The first-order chi connectivity index (χ1) is 8.70. The van der Waals surface area contributed by atoms with Crippen LogP contribution in [0.4, 0.5) is 0 Å². The zero-order valence-electron chi connectivity index (χ0n) is 10.4. The van der Waals surface area contributed by atoms with Crippen LogP contribution < -0.4 is 0 Å². The first kappa shape index (κ1) is 12.9. The van der Waals surface area contributed by atoms with Gasteiger partial charge in [-0.15, -0.1) is 0 Å².